The highest BCUT2D eigenvalue weighted by atomic mass is 16.6. The van der Waals surface area contributed by atoms with Gasteiger partial charge in [-0.05, 0) is 57.2 Å². The Labute approximate surface area is 209 Å². The molecule has 0 N–H and O–H groups in total. The Bertz CT molecular complexity index is 1250. The minimum atomic E-state index is -1.01. The van der Waals surface area contributed by atoms with Gasteiger partial charge in [-0.2, -0.15) is 10.4 Å². The first-order chi connectivity index (χ1) is 17.0. The maximum atomic E-state index is 12.9. The molecule has 1 aliphatic heterocycles. The van der Waals surface area contributed by atoms with Gasteiger partial charge in [0, 0.05) is 25.5 Å². The third-order valence-electron chi connectivity index (χ3n) is 6.08. The summed E-state index contributed by atoms with van der Waals surface area (Å²) >= 11 is 0. The van der Waals surface area contributed by atoms with Crippen LogP contribution in [0.15, 0.2) is 18.2 Å². The summed E-state index contributed by atoms with van der Waals surface area (Å²) in [5.41, 5.74) is 2.30. The van der Waals surface area contributed by atoms with E-state index in [0.717, 1.165) is 18.4 Å². The van der Waals surface area contributed by atoms with Crippen LogP contribution in [0, 0.1) is 11.3 Å². The number of esters is 2. The lowest BCUT2D eigenvalue weighted by Crippen LogP contribution is -2.43. The van der Waals surface area contributed by atoms with Crippen LogP contribution in [-0.4, -0.2) is 52.0 Å². The maximum Gasteiger partial charge on any atom is 0.411 e. The van der Waals surface area contributed by atoms with Gasteiger partial charge in [0.15, 0.2) is 11.8 Å². The Morgan fingerprint density at radius 1 is 1.22 bits per heavy atom. The monoisotopic (exact) mass is 494 g/mol. The van der Waals surface area contributed by atoms with Crippen molar-refractivity contribution >= 4 is 18.0 Å². The summed E-state index contributed by atoms with van der Waals surface area (Å²) in [6.07, 6.45) is 1.72. The molecule has 1 aromatic carbocycles. The maximum absolute atomic E-state index is 12.9. The fraction of sp³-hybridized carbons (Fsp3) is 0.500. The van der Waals surface area contributed by atoms with Crippen molar-refractivity contribution < 1.29 is 28.6 Å². The van der Waals surface area contributed by atoms with E-state index in [1.165, 1.54) is 18.9 Å². The van der Waals surface area contributed by atoms with Crippen molar-refractivity contribution in [3.05, 3.63) is 40.7 Å². The second-order valence-electron chi connectivity index (χ2n) is 10.0. The molecule has 0 saturated heterocycles. The van der Waals surface area contributed by atoms with E-state index in [1.54, 1.807) is 25.5 Å². The van der Waals surface area contributed by atoms with Crippen molar-refractivity contribution in [2.45, 2.75) is 70.9 Å². The quantitative estimate of drug-likeness (QED) is 0.455. The smallest absolute Gasteiger partial charge is 0.411 e. The molecule has 36 heavy (non-hydrogen) atoms. The molecule has 2 heterocycles. The number of nitrogens with zero attached hydrogens (tertiary/aromatic N) is 4. The molecule has 2 aromatic rings. The molecular formula is C26H30N4O6. The Kier molecular flexibility index (Phi) is 6.76. The van der Waals surface area contributed by atoms with Gasteiger partial charge in [0.05, 0.1) is 31.0 Å². The third kappa shape index (κ3) is 5.20. The van der Waals surface area contributed by atoms with Crippen molar-refractivity contribution in [3.63, 3.8) is 0 Å². The Morgan fingerprint density at radius 2 is 1.94 bits per heavy atom. The van der Waals surface area contributed by atoms with Gasteiger partial charge in [0.25, 0.3) is 0 Å². The molecule has 1 saturated carbocycles. The van der Waals surface area contributed by atoms with Crippen molar-refractivity contribution in [1.29, 1.82) is 5.26 Å². The largest absolute Gasteiger partial charge is 0.469 e. The molecule has 2 aliphatic rings. The summed E-state index contributed by atoms with van der Waals surface area (Å²) in [5, 5.41) is 14.8. The molecule has 1 aliphatic carbocycles. The van der Waals surface area contributed by atoms with E-state index in [9.17, 15) is 19.6 Å². The van der Waals surface area contributed by atoms with Crippen LogP contribution in [0.1, 0.15) is 75.0 Å². The molecule has 0 spiro atoms. The molecule has 190 valence electrons. The van der Waals surface area contributed by atoms with Crippen molar-refractivity contribution in [3.8, 4) is 17.5 Å². The number of methoxy groups -OCH3 is 1. The predicted molar refractivity (Wildman–Crippen MR) is 128 cm³/mol. The number of carbonyl (C=O) groups excluding carboxylic acids is 3. The zero-order valence-corrected chi connectivity index (χ0v) is 21.2. The molecule has 1 atom stereocenters. The highest BCUT2D eigenvalue weighted by Crippen LogP contribution is 2.43. The molecule has 1 fully saturated rings. The van der Waals surface area contributed by atoms with Crippen LogP contribution in [0.25, 0.3) is 5.69 Å². The minimum absolute atomic E-state index is 0.185. The molecule has 0 radical (unpaired) electrons. The molecule has 4 rings (SSSR count). The van der Waals surface area contributed by atoms with Crippen LogP contribution in [0.4, 0.5) is 4.79 Å². The van der Waals surface area contributed by atoms with E-state index >= 15 is 0 Å². The van der Waals surface area contributed by atoms with Crippen molar-refractivity contribution in [2.24, 2.45) is 0 Å². The van der Waals surface area contributed by atoms with E-state index in [1.807, 2.05) is 18.2 Å². The number of hydrogen-bond acceptors (Lipinski definition) is 8. The first-order valence-electron chi connectivity index (χ1n) is 11.9. The number of benzene rings is 1. The lowest BCUT2D eigenvalue weighted by atomic mass is 9.96. The molecule has 1 aromatic heterocycles. The van der Waals surface area contributed by atoms with Gasteiger partial charge < -0.3 is 14.2 Å². The van der Waals surface area contributed by atoms with Crippen LogP contribution in [0.5, 0.6) is 5.75 Å². The molecular weight excluding hydrogens is 464 g/mol. The first-order valence-corrected chi connectivity index (χ1v) is 11.9. The van der Waals surface area contributed by atoms with Crippen molar-refractivity contribution in [2.75, 3.05) is 13.7 Å². The lowest BCUT2D eigenvalue weighted by molar-refractivity contribution is -0.140. The Hall–Kier alpha value is -3.87. The minimum Gasteiger partial charge on any atom is -0.469 e. The van der Waals surface area contributed by atoms with Gasteiger partial charge in [-0.25, -0.2) is 9.48 Å². The second-order valence-corrected chi connectivity index (χ2v) is 10.0. The van der Waals surface area contributed by atoms with Crippen LogP contribution in [0.2, 0.25) is 0 Å². The number of rotatable bonds is 5. The van der Waals surface area contributed by atoms with Gasteiger partial charge in [-0.1, -0.05) is 6.07 Å². The summed E-state index contributed by atoms with van der Waals surface area (Å²) in [7, 11) is 1.27. The number of nitriles is 1. The molecule has 10 heteroatoms. The van der Waals surface area contributed by atoms with Gasteiger partial charge in [-0.3, -0.25) is 14.5 Å². The van der Waals surface area contributed by atoms with Gasteiger partial charge in [0.2, 0.25) is 0 Å². The van der Waals surface area contributed by atoms with E-state index in [2.05, 4.69) is 11.2 Å². The molecule has 1 amide bonds. The zero-order valence-electron chi connectivity index (χ0n) is 21.2. The fourth-order valence-electron chi connectivity index (χ4n) is 4.39. The molecule has 0 bridgehead atoms. The molecule has 1 unspecified atom stereocenters. The summed E-state index contributed by atoms with van der Waals surface area (Å²) in [6.45, 7) is 6.81. The summed E-state index contributed by atoms with van der Waals surface area (Å²) < 4.78 is 17.5. The Morgan fingerprint density at radius 3 is 2.53 bits per heavy atom. The number of ether oxygens (including phenoxy) is 3. The Balaban J connectivity index is 1.83. The van der Waals surface area contributed by atoms with Crippen LogP contribution >= 0.6 is 0 Å². The van der Waals surface area contributed by atoms with Gasteiger partial charge in [-0.15, -0.1) is 0 Å². The number of aromatic nitrogens is 2. The summed E-state index contributed by atoms with van der Waals surface area (Å²) in [4.78, 5) is 38.4. The topological polar surface area (TPSA) is 124 Å². The van der Waals surface area contributed by atoms with Crippen LogP contribution in [0.3, 0.4) is 0 Å². The lowest BCUT2D eigenvalue weighted by Gasteiger charge is -2.34. The summed E-state index contributed by atoms with van der Waals surface area (Å²) in [5.74, 6) is -0.200. The number of carbonyl (C=O) groups is 3. The van der Waals surface area contributed by atoms with E-state index in [-0.39, 0.29) is 13.0 Å². The number of hydrogen-bond donors (Lipinski definition) is 0. The van der Waals surface area contributed by atoms with Crippen molar-refractivity contribution in [1.82, 2.24) is 14.7 Å². The number of fused-ring (bicyclic) bond motifs is 1. The normalized spacial score (nSPS) is 17.1. The second kappa shape index (κ2) is 9.64. The predicted octanol–water partition coefficient (Wildman–Crippen LogP) is 3.75. The van der Waals surface area contributed by atoms with Crippen LogP contribution < -0.4 is 4.74 Å². The highest BCUT2D eigenvalue weighted by Gasteiger charge is 2.39. The first kappa shape index (κ1) is 25.2. The fourth-order valence-corrected chi connectivity index (χ4v) is 4.39. The van der Waals surface area contributed by atoms with Crippen LogP contribution in [-0.2, 0) is 31.9 Å². The highest BCUT2D eigenvalue weighted by molar-refractivity contribution is 5.75. The molecule has 10 nitrogen and oxygen atoms in total. The zero-order chi connectivity index (χ0) is 26.2. The third-order valence-corrected chi connectivity index (χ3v) is 6.08. The number of amides is 1. The van der Waals surface area contributed by atoms with E-state index in [4.69, 9.17) is 14.2 Å². The van der Waals surface area contributed by atoms with Gasteiger partial charge in [0.1, 0.15) is 11.3 Å². The standard InChI is InChI=1S/C26H30N4O6/c1-15(31)35-22-12-17(16-6-7-16)8-9-19(22)30-20-10-11-29(25(33)36-26(2,3)4)21(14-27)24(20)18(28-30)13-23(32)34-5/h8-9,12,16,21H,6-7,10-11,13H2,1-5H3. The van der Waals surface area contributed by atoms with E-state index in [0.29, 0.717) is 40.7 Å². The van der Waals surface area contributed by atoms with Gasteiger partial charge >= 0.3 is 18.0 Å². The van der Waals surface area contributed by atoms with E-state index < -0.39 is 29.7 Å². The average molecular weight is 495 g/mol. The SMILES string of the molecule is COC(=O)Cc1nn(-c2ccc(C3CC3)cc2OC(C)=O)c2c1C(C#N)N(C(=O)OC(C)(C)C)CC2. The average Bonchev–Trinajstić information content (AvgIpc) is 3.59. The summed E-state index contributed by atoms with van der Waals surface area (Å²) in [6, 6.07) is 6.83.